The van der Waals surface area contributed by atoms with Gasteiger partial charge in [-0.2, -0.15) is 0 Å². The molecule has 0 saturated heterocycles. The maximum Gasteiger partial charge on any atom is 0.253 e. The molecule has 0 aliphatic carbocycles. The molecule has 2 amide bonds. The van der Waals surface area contributed by atoms with Gasteiger partial charge < -0.3 is 19.9 Å². The Hall–Kier alpha value is -2.85. The van der Waals surface area contributed by atoms with Crippen molar-refractivity contribution in [2.75, 3.05) is 18.2 Å². The van der Waals surface area contributed by atoms with Gasteiger partial charge in [0.25, 0.3) is 5.91 Å². The van der Waals surface area contributed by atoms with Crippen molar-refractivity contribution >= 4 is 45.2 Å². The first-order valence-electron chi connectivity index (χ1n) is 9.40. The average molecular weight is 504 g/mol. The van der Waals surface area contributed by atoms with Crippen LogP contribution in [0.5, 0.6) is 5.75 Å². The molecule has 0 saturated carbocycles. The summed E-state index contributed by atoms with van der Waals surface area (Å²) < 4.78 is 7.60. The lowest BCUT2D eigenvalue weighted by Gasteiger charge is -2.14. The van der Waals surface area contributed by atoms with Crippen LogP contribution in [0.2, 0.25) is 0 Å². The molecular weight excluding hydrogens is 482 g/mol. The third-order valence-electron chi connectivity index (χ3n) is 4.43. The third-order valence-corrected chi connectivity index (χ3v) is 6.14. The molecule has 0 bridgehead atoms. The van der Waals surface area contributed by atoms with Gasteiger partial charge >= 0.3 is 0 Å². The van der Waals surface area contributed by atoms with Gasteiger partial charge in [-0.05, 0) is 59.3 Å². The summed E-state index contributed by atoms with van der Waals surface area (Å²) in [6, 6.07) is 14.0. The smallest absolute Gasteiger partial charge is 0.253 e. The van der Waals surface area contributed by atoms with E-state index in [0.717, 1.165) is 10.2 Å². The molecule has 1 atom stereocenters. The van der Waals surface area contributed by atoms with Crippen molar-refractivity contribution in [2.24, 2.45) is 7.05 Å². The zero-order valence-electron chi connectivity index (χ0n) is 17.3. The lowest BCUT2D eigenvalue weighted by Crippen LogP contribution is -2.28. The summed E-state index contributed by atoms with van der Waals surface area (Å²) in [5.41, 5.74) is 1.23. The second-order valence-corrected chi connectivity index (χ2v) is 8.44. The van der Waals surface area contributed by atoms with E-state index < -0.39 is 0 Å². The van der Waals surface area contributed by atoms with Crippen molar-refractivity contribution < 1.29 is 14.3 Å². The van der Waals surface area contributed by atoms with Crippen LogP contribution in [0.1, 0.15) is 29.1 Å². The normalized spacial score (nSPS) is 11.6. The van der Waals surface area contributed by atoms with E-state index in [0.29, 0.717) is 22.2 Å². The maximum absolute atomic E-state index is 12.5. The Labute approximate surface area is 192 Å². The molecule has 0 fully saturated rings. The highest BCUT2D eigenvalue weighted by atomic mass is 79.9. The topological polar surface area (TPSA) is 98.1 Å². The van der Waals surface area contributed by atoms with Crippen molar-refractivity contribution in [3.8, 4) is 5.75 Å². The average Bonchev–Trinajstić information content (AvgIpc) is 3.13. The minimum Gasteiger partial charge on any atom is -0.497 e. The van der Waals surface area contributed by atoms with Crippen LogP contribution in [-0.4, -0.2) is 39.4 Å². The number of thioether (sulfide) groups is 1. The van der Waals surface area contributed by atoms with Crippen molar-refractivity contribution in [2.45, 2.75) is 18.1 Å². The summed E-state index contributed by atoms with van der Waals surface area (Å²) in [4.78, 5) is 24.8. The molecule has 8 nitrogen and oxygen atoms in total. The van der Waals surface area contributed by atoms with E-state index in [4.69, 9.17) is 4.74 Å². The minimum atomic E-state index is -0.361. The maximum atomic E-state index is 12.5. The Morgan fingerprint density at radius 2 is 1.87 bits per heavy atom. The molecule has 0 radical (unpaired) electrons. The Kier molecular flexibility index (Phi) is 7.69. The van der Waals surface area contributed by atoms with Crippen LogP contribution in [-0.2, 0) is 11.8 Å². The predicted molar refractivity (Wildman–Crippen MR) is 123 cm³/mol. The Morgan fingerprint density at radius 1 is 1.16 bits per heavy atom. The summed E-state index contributed by atoms with van der Waals surface area (Å²) >= 11 is 4.66. The summed E-state index contributed by atoms with van der Waals surface area (Å²) in [5, 5.41) is 14.7. The number of anilines is 1. The van der Waals surface area contributed by atoms with Gasteiger partial charge in [0.1, 0.15) is 5.75 Å². The van der Waals surface area contributed by atoms with E-state index in [1.165, 1.54) is 11.8 Å². The molecule has 1 aromatic heterocycles. The molecular formula is C21H22BrN5O3S. The molecule has 0 aliphatic heterocycles. The molecule has 0 spiro atoms. The van der Waals surface area contributed by atoms with E-state index in [1.54, 1.807) is 55.1 Å². The van der Waals surface area contributed by atoms with Crippen LogP contribution >= 0.6 is 27.7 Å². The molecule has 0 unspecified atom stereocenters. The monoisotopic (exact) mass is 503 g/mol. The summed E-state index contributed by atoms with van der Waals surface area (Å²) in [7, 11) is 3.40. The van der Waals surface area contributed by atoms with Crippen LogP contribution in [0.15, 0.2) is 58.2 Å². The zero-order chi connectivity index (χ0) is 22.4. The van der Waals surface area contributed by atoms with E-state index in [2.05, 4.69) is 36.8 Å². The fourth-order valence-corrected chi connectivity index (χ4v) is 4.00. The Balaban J connectivity index is 1.57. The number of nitrogens with one attached hydrogen (secondary N) is 2. The fourth-order valence-electron chi connectivity index (χ4n) is 2.81. The molecule has 31 heavy (non-hydrogen) atoms. The molecule has 2 aromatic carbocycles. The number of rotatable bonds is 8. The van der Waals surface area contributed by atoms with Crippen LogP contribution < -0.4 is 15.4 Å². The molecule has 2 N–H and O–H groups in total. The number of nitrogens with zero attached hydrogens (tertiary/aromatic N) is 3. The summed E-state index contributed by atoms with van der Waals surface area (Å²) in [6.07, 6.45) is 0. The largest absolute Gasteiger partial charge is 0.497 e. The number of amides is 2. The van der Waals surface area contributed by atoms with Crippen LogP contribution in [0.3, 0.4) is 0 Å². The second-order valence-electron chi connectivity index (χ2n) is 6.64. The van der Waals surface area contributed by atoms with Crippen molar-refractivity contribution in [1.82, 2.24) is 20.1 Å². The van der Waals surface area contributed by atoms with Crippen LogP contribution in [0, 0.1) is 0 Å². The number of aromatic nitrogens is 3. The Morgan fingerprint density at radius 3 is 2.55 bits per heavy atom. The highest BCUT2D eigenvalue weighted by molar-refractivity contribution is 9.10. The number of halogens is 1. The van der Waals surface area contributed by atoms with E-state index >= 15 is 0 Å². The van der Waals surface area contributed by atoms with Crippen molar-refractivity contribution in [3.05, 3.63) is 64.4 Å². The molecule has 162 valence electrons. The molecule has 3 rings (SSSR count). The first kappa shape index (κ1) is 22.8. The van der Waals surface area contributed by atoms with Crippen LogP contribution in [0.25, 0.3) is 0 Å². The van der Waals surface area contributed by atoms with Gasteiger partial charge in [-0.25, -0.2) is 0 Å². The molecule has 3 aromatic rings. The number of methoxy groups -OCH3 is 1. The van der Waals surface area contributed by atoms with Crippen molar-refractivity contribution in [3.63, 3.8) is 0 Å². The van der Waals surface area contributed by atoms with Crippen molar-refractivity contribution in [1.29, 1.82) is 0 Å². The van der Waals surface area contributed by atoms with E-state index in [-0.39, 0.29) is 23.6 Å². The van der Waals surface area contributed by atoms with Gasteiger partial charge in [0, 0.05) is 17.2 Å². The van der Waals surface area contributed by atoms with Gasteiger partial charge in [0.05, 0.1) is 24.5 Å². The van der Waals surface area contributed by atoms with Gasteiger partial charge in [0.15, 0.2) is 11.0 Å². The zero-order valence-corrected chi connectivity index (χ0v) is 19.7. The highest BCUT2D eigenvalue weighted by Gasteiger charge is 2.20. The van der Waals surface area contributed by atoms with Gasteiger partial charge in [-0.15, -0.1) is 10.2 Å². The lowest BCUT2D eigenvalue weighted by molar-refractivity contribution is -0.113. The fraction of sp³-hybridized carbons (Fsp3) is 0.238. The molecule has 0 aliphatic rings. The number of carbonyl (C=O) groups is 2. The van der Waals surface area contributed by atoms with E-state index in [1.807, 2.05) is 19.1 Å². The number of hydrogen-bond donors (Lipinski definition) is 2. The van der Waals surface area contributed by atoms with Gasteiger partial charge in [0.2, 0.25) is 5.91 Å². The SMILES string of the molecule is COc1ccc(NC(=O)CSc2nnc([C@H](C)NC(=O)c3ccccc3Br)n2C)cc1. The standard InChI is InChI=1S/C21H22BrN5O3S/c1-13(23-20(29)16-6-4-5-7-17(16)22)19-25-26-21(27(19)2)31-12-18(28)24-14-8-10-15(30-3)11-9-14/h4-11,13H,12H2,1-3H3,(H,23,29)(H,24,28)/t13-/m0/s1. The molecule has 10 heteroatoms. The third kappa shape index (κ3) is 5.86. The summed E-state index contributed by atoms with van der Waals surface area (Å²) in [5.74, 6) is 1.12. The lowest BCUT2D eigenvalue weighted by atomic mass is 10.2. The highest BCUT2D eigenvalue weighted by Crippen LogP contribution is 2.21. The number of carbonyl (C=O) groups excluding carboxylic acids is 2. The number of benzene rings is 2. The first-order valence-corrected chi connectivity index (χ1v) is 11.2. The van der Waals surface area contributed by atoms with Gasteiger partial charge in [-0.1, -0.05) is 23.9 Å². The van der Waals surface area contributed by atoms with E-state index in [9.17, 15) is 9.59 Å². The predicted octanol–water partition coefficient (Wildman–Crippen LogP) is 3.81. The number of ether oxygens (including phenoxy) is 1. The first-order chi connectivity index (χ1) is 14.9. The second kappa shape index (κ2) is 10.5. The minimum absolute atomic E-state index is 0.157. The van der Waals surface area contributed by atoms with Crippen LogP contribution in [0.4, 0.5) is 5.69 Å². The number of hydrogen-bond acceptors (Lipinski definition) is 6. The Bertz CT molecular complexity index is 1070. The molecule has 1 heterocycles. The van der Waals surface area contributed by atoms with Gasteiger partial charge in [-0.3, -0.25) is 9.59 Å². The summed E-state index contributed by atoms with van der Waals surface area (Å²) in [6.45, 7) is 1.84. The quantitative estimate of drug-likeness (QED) is 0.453.